The summed E-state index contributed by atoms with van der Waals surface area (Å²) in [5.74, 6) is -0.254. The van der Waals surface area contributed by atoms with Crippen LogP contribution in [0.2, 0.25) is 0 Å². The van der Waals surface area contributed by atoms with E-state index in [2.05, 4.69) is 15.6 Å². The molecule has 1 atom stereocenters. The third-order valence-electron chi connectivity index (χ3n) is 3.21. The Balaban J connectivity index is 1.54. The van der Waals surface area contributed by atoms with E-state index in [9.17, 15) is 9.59 Å². The Morgan fingerprint density at radius 3 is 2.88 bits per heavy atom. The average Bonchev–Trinajstić information content (AvgIpc) is 3.30. The molecule has 0 aliphatic carbocycles. The molecule has 0 spiro atoms. The third-order valence-corrected chi connectivity index (χ3v) is 5.07. The average molecular weight is 361 g/mol. The molecule has 0 aromatic carbocycles. The van der Waals surface area contributed by atoms with Gasteiger partial charge in [-0.15, -0.1) is 22.7 Å². The van der Waals surface area contributed by atoms with E-state index in [1.54, 1.807) is 28.8 Å². The number of anilines is 1. The highest BCUT2D eigenvalue weighted by Gasteiger charge is 2.14. The van der Waals surface area contributed by atoms with Crippen molar-refractivity contribution in [2.45, 2.75) is 19.4 Å². The summed E-state index contributed by atoms with van der Waals surface area (Å²) in [5.41, 5.74) is 0.616. The zero-order chi connectivity index (χ0) is 16.9. The number of rotatable bonds is 6. The number of carbonyl (C=O) groups is 2. The van der Waals surface area contributed by atoms with E-state index in [0.29, 0.717) is 10.8 Å². The lowest BCUT2D eigenvalue weighted by Gasteiger charge is -2.11. The summed E-state index contributed by atoms with van der Waals surface area (Å²) in [6, 6.07) is 7.12. The zero-order valence-electron chi connectivity index (χ0n) is 12.8. The van der Waals surface area contributed by atoms with Gasteiger partial charge in [0.2, 0.25) is 5.91 Å². The minimum Gasteiger partial charge on any atom is -0.459 e. The Bertz CT molecular complexity index is 810. The summed E-state index contributed by atoms with van der Waals surface area (Å²) in [4.78, 5) is 29.3. The first-order valence-electron chi connectivity index (χ1n) is 7.24. The normalized spacial score (nSPS) is 11.9. The lowest BCUT2D eigenvalue weighted by molar-refractivity contribution is -0.121. The molecule has 6 nitrogen and oxygen atoms in total. The van der Waals surface area contributed by atoms with Crippen LogP contribution in [0.4, 0.5) is 5.13 Å². The Hall–Kier alpha value is -2.45. The number of hydrogen-bond acceptors (Lipinski definition) is 6. The van der Waals surface area contributed by atoms with Crippen LogP contribution in [0.3, 0.4) is 0 Å². The summed E-state index contributed by atoms with van der Waals surface area (Å²) in [5, 5.41) is 9.75. The van der Waals surface area contributed by atoms with Crippen LogP contribution in [-0.4, -0.2) is 16.8 Å². The summed E-state index contributed by atoms with van der Waals surface area (Å²) in [6.07, 6.45) is 1.60. The molecule has 3 rings (SSSR count). The van der Waals surface area contributed by atoms with Gasteiger partial charge in [0, 0.05) is 10.3 Å². The molecule has 2 amide bonds. The molecule has 0 radical (unpaired) electrons. The maximum Gasteiger partial charge on any atom is 0.293 e. The first kappa shape index (κ1) is 16.4. The zero-order valence-corrected chi connectivity index (χ0v) is 14.4. The van der Waals surface area contributed by atoms with Gasteiger partial charge in [-0.05, 0) is 30.5 Å². The maximum atomic E-state index is 12.1. The van der Waals surface area contributed by atoms with Crippen LogP contribution in [0.5, 0.6) is 0 Å². The minimum atomic E-state index is -0.364. The van der Waals surface area contributed by atoms with Crippen LogP contribution in [0.1, 0.15) is 34.1 Å². The summed E-state index contributed by atoms with van der Waals surface area (Å²) < 4.78 is 5.02. The van der Waals surface area contributed by atoms with Crippen LogP contribution < -0.4 is 10.6 Å². The van der Waals surface area contributed by atoms with E-state index < -0.39 is 0 Å². The maximum absolute atomic E-state index is 12.1. The van der Waals surface area contributed by atoms with Crippen molar-refractivity contribution >= 4 is 39.6 Å². The van der Waals surface area contributed by atoms with Gasteiger partial charge in [0.1, 0.15) is 0 Å². The number of aromatic nitrogens is 1. The second-order valence-corrected chi connectivity index (χ2v) is 6.89. The number of nitrogens with one attached hydrogen (secondary N) is 2. The lowest BCUT2D eigenvalue weighted by Crippen LogP contribution is -2.27. The molecule has 0 saturated carbocycles. The fraction of sp³-hybridized carbons (Fsp3) is 0.188. The van der Waals surface area contributed by atoms with Crippen LogP contribution in [0.25, 0.3) is 0 Å². The van der Waals surface area contributed by atoms with Crippen LogP contribution in [0.15, 0.2) is 45.7 Å². The van der Waals surface area contributed by atoms with Gasteiger partial charge in [-0.2, -0.15) is 0 Å². The van der Waals surface area contributed by atoms with Crippen molar-refractivity contribution in [1.29, 1.82) is 0 Å². The van der Waals surface area contributed by atoms with Crippen molar-refractivity contribution in [3.63, 3.8) is 0 Å². The van der Waals surface area contributed by atoms with Crippen molar-refractivity contribution in [2.75, 3.05) is 5.32 Å². The van der Waals surface area contributed by atoms with Gasteiger partial charge in [-0.3, -0.25) is 14.9 Å². The number of nitrogens with zero attached hydrogens (tertiary/aromatic N) is 1. The fourth-order valence-electron chi connectivity index (χ4n) is 2.08. The van der Waals surface area contributed by atoms with Crippen molar-refractivity contribution in [2.24, 2.45) is 0 Å². The molecule has 124 valence electrons. The van der Waals surface area contributed by atoms with Crippen molar-refractivity contribution < 1.29 is 14.0 Å². The van der Waals surface area contributed by atoms with E-state index in [1.807, 2.05) is 24.4 Å². The number of carbonyl (C=O) groups excluding carboxylic acids is 2. The Labute approximate surface area is 146 Å². The van der Waals surface area contributed by atoms with Gasteiger partial charge in [0.25, 0.3) is 5.91 Å². The second-order valence-electron chi connectivity index (χ2n) is 5.06. The highest BCUT2D eigenvalue weighted by molar-refractivity contribution is 7.14. The number of hydrogen-bond donors (Lipinski definition) is 2. The van der Waals surface area contributed by atoms with Crippen LogP contribution >= 0.6 is 22.7 Å². The molecule has 0 fully saturated rings. The van der Waals surface area contributed by atoms with Gasteiger partial charge in [-0.1, -0.05) is 6.07 Å². The van der Waals surface area contributed by atoms with E-state index in [1.165, 1.54) is 17.6 Å². The minimum absolute atomic E-state index is 0.0331. The molecular formula is C16H15N3O3S2. The molecule has 3 aromatic rings. The first-order chi connectivity index (χ1) is 11.6. The highest BCUT2D eigenvalue weighted by Crippen LogP contribution is 2.19. The Kier molecular flexibility index (Phi) is 5.07. The number of amides is 2. The Morgan fingerprint density at radius 1 is 1.29 bits per heavy atom. The van der Waals surface area contributed by atoms with E-state index in [0.717, 1.165) is 4.88 Å². The predicted octanol–water partition coefficient (Wildman–Crippen LogP) is 3.47. The van der Waals surface area contributed by atoms with E-state index in [4.69, 9.17) is 4.42 Å². The molecule has 0 aliphatic rings. The lowest BCUT2D eigenvalue weighted by atomic mass is 10.2. The highest BCUT2D eigenvalue weighted by atomic mass is 32.1. The second kappa shape index (κ2) is 7.41. The van der Waals surface area contributed by atoms with Gasteiger partial charge in [0.15, 0.2) is 10.9 Å². The molecular weight excluding hydrogens is 346 g/mol. The summed E-state index contributed by atoms with van der Waals surface area (Å²) in [7, 11) is 0. The fourth-order valence-corrected chi connectivity index (χ4v) is 3.52. The molecule has 0 aliphatic heterocycles. The molecule has 3 heterocycles. The predicted molar refractivity (Wildman–Crippen MR) is 93.4 cm³/mol. The standard InChI is InChI=1S/C16H15N3O3S2/c1-10(13-5-3-7-23-13)17-14(20)8-11-9-24-16(18-11)19-15(21)12-4-2-6-22-12/h2-7,9-10H,8H2,1H3,(H,17,20)(H,18,19,21)/t10-/m0/s1. The first-order valence-corrected chi connectivity index (χ1v) is 9.00. The van der Waals surface area contributed by atoms with E-state index in [-0.39, 0.29) is 30.0 Å². The number of thiophene rings is 1. The monoisotopic (exact) mass is 361 g/mol. The Morgan fingerprint density at radius 2 is 2.17 bits per heavy atom. The van der Waals surface area contributed by atoms with Crippen molar-refractivity contribution in [3.05, 3.63) is 57.6 Å². The van der Waals surface area contributed by atoms with Gasteiger partial charge in [0.05, 0.1) is 24.4 Å². The molecule has 24 heavy (non-hydrogen) atoms. The topological polar surface area (TPSA) is 84.2 Å². The molecule has 2 N–H and O–H groups in total. The third kappa shape index (κ3) is 4.09. The molecule has 0 saturated heterocycles. The quantitative estimate of drug-likeness (QED) is 0.704. The van der Waals surface area contributed by atoms with Crippen LogP contribution in [0, 0.1) is 0 Å². The molecule has 0 bridgehead atoms. The molecule has 3 aromatic heterocycles. The molecule has 8 heteroatoms. The number of furan rings is 1. The largest absolute Gasteiger partial charge is 0.459 e. The number of thiazole rings is 1. The van der Waals surface area contributed by atoms with Crippen molar-refractivity contribution in [1.82, 2.24) is 10.3 Å². The van der Waals surface area contributed by atoms with Gasteiger partial charge < -0.3 is 9.73 Å². The van der Waals surface area contributed by atoms with Gasteiger partial charge in [-0.25, -0.2) is 4.98 Å². The van der Waals surface area contributed by atoms with E-state index >= 15 is 0 Å². The summed E-state index contributed by atoms with van der Waals surface area (Å²) in [6.45, 7) is 1.94. The van der Waals surface area contributed by atoms with Gasteiger partial charge >= 0.3 is 0 Å². The SMILES string of the molecule is C[C@H](NC(=O)Cc1csc(NC(=O)c2ccco2)n1)c1cccs1. The smallest absolute Gasteiger partial charge is 0.293 e. The van der Waals surface area contributed by atoms with Crippen LogP contribution in [-0.2, 0) is 11.2 Å². The van der Waals surface area contributed by atoms with Crippen molar-refractivity contribution in [3.8, 4) is 0 Å². The summed E-state index contributed by atoms with van der Waals surface area (Å²) >= 11 is 2.88. The molecule has 0 unspecified atom stereocenters.